The Hall–Kier alpha value is -5.05. The molecule has 3 aromatic carbocycles. The number of hydrogen-bond acceptors (Lipinski definition) is 9. The summed E-state index contributed by atoms with van der Waals surface area (Å²) in [4.78, 5) is 56.4. The van der Waals surface area contributed by atoms with E-state index in [1.807, 2.05) is 48.5 Å². The number of aromatic nitrogens is 1. The Morgan fingerprint density at radius 2 is 0.865 bits per heavy atom. The zero-order valence-electron chi connectivity index (χ0n) is 30.0. The Labute approximate surface area is 305 Å². The van der Waals surface area contributed by atoms with Crippen molar-refractivity contribution >= 4 is 34.6 Å². The molecular formula is C43H47NO8. The van der Waals surface area contributed by atoms with Crippen molar-refractivity contribution in [3.8, 4) is 23.0 Å². The van der Waals surface area contributed by atoms with E-state index in [1.54, 1.807) is 30.6 Å². The largest absolute Gasteiger partial charge is 0.426 e. The van der Waals surface area contributed by atoms with Gasteiger partial charge < -0.3 is 18.9 Å². The van der Waals surface area contributed by atoms with Crippen LogP contribution < -0.4 is 18.9 Å². The van der Waals surface area contributed by atoms with Gasteiger partial charge in [0.25, 0.3) is 0 Å². The van der Waals surface area contributed by atoms with Crippen LogP contribution in [0.1, 0.15) is 89.2 Å². The standard InChI is InChI=1S/C43H47NO8/c1-3-5-28-7-19-34(20-8-28)49-40(45)30-11-15-32(16-12-30)42(47)51-38-23-24-39(37-27-44-26-25-36(37)38)52-43(48)33-17-13-31(14-18-33)41(46)50-35-21-9-29(6-4-2)10-22-35/h7-10,19-27,30-33H,3-6,11-18H2,1-2H3. The Balaban J connectivity index is 0.990. The molecule has 0 amide bonds. The van der Waals surface area contributed by atoms with E-state index in [0.29, 0.717) is 85.1 Å². The van der Waals surface area contributed by atoms with Crippen LogP contribution in [0.25, 0.3) is 10.8 Å². The molecule has 2 aliphatic rings. The fourth-order valence-corrected chi connectivity index (χ4v) is 7.25. The third-order valence-electron chi connectivity index (χ3n) is 10.3. The van der Waals surface area contributed by atoms with E-state index in [0.717, 1.165) is 25.7 Å². The molecule has 0 spiro atoms. The quantitative estimate of drug-likeness (QED) is 0.105. The van der Waals surface area contributed by atoms with Crippen molar-refractivity contribution in [1.82, 2.24) is 4.98 Å². The predicted octanol–water partition coefficient (Wildman–Crippen LogP) is 8.77. The normalized spacial score (nSPS) is 20.1. The summed E-state index contributed by atoms with van der Waals surface area (Å²) in [5.74, 6) is -0.712. The van der Waals surface area contributed by atoms with E-state index in [-0.39, 0.29) is 47.5 Å². The molecule has 2 aliphatic carbocycles. The second-order valence-electron chi connectivity index (χ2n) is 14.1. The molecular weight excluding hydrogens is 658 g/mol. The highest BCUT2D eigenvalue weighted by atomic mass is 16.5. The minimum absolute atomic E-state index is 0.266. The number of hydrogen-bond donors (Lipinski definition) is 0. The maximum Gasteiger partial charge on any atom is 0.314 e. The Morgan fingerprint density at radius 1 is 0.500 bits per heavy atom. The van der Waals surface area contributed by atoms with E-state index in [2.05, 4.69) is 18.8 Å². The number of ether oxygens (including phenoxy) is 4. The van der Waals surface area contributed by atoms with Gasteiger partial charge in [-0.25, -0.2) is 0 Å². The topological polar surface area (TPSA) is 118 Å². The average Bonchev–Trinajstić information content (AvgIpc) is 3.17. The first-order valence-corrected chi connectivity index (χ1v) is 18.7. The van der Waals surface area contributed by atoms with Gasteiger partial charge in [-0.1, -0.05) is 51.0 Å². The van der Waals surface area contributed by atoms with E-state index in [9.17, 15) is 19.2 Å². The lowest BCUT2D eigenvalue weighted by atomic mass is 9.82. The van der Waals surface area contributed by atoms with Crippen molar-refractivity contribution in [2.45, 2.75) is 90.9 Å². The number of nitrogens with zero attached hydrogens (tertiary/aromatic N) is 1. The number of benzene rings is 3. The molecule has 272 valence electrons. The first kappa shape index (κ1) is 36.7. The minimum atomic E-state index is -0.364. The van der Waals surface area contributed by atoms with Crippen LogP contribution in [0, 0.1) is 23.7 Å². The number of rotatable bonds is 12. The zero-order chi connectivity index (χ0) is 36.5. The Morgan fingerprint density at radius 3 is 1.25 bits per heavy atom. The smallest absolute Gasteiger partial charge is 0.314 e. The molecule has 52 heavy (non-hydrogen) atoms. The number of esters is 4. The maximum atomic E-state index is 13.3. The summed E-state index contributed by atoms with van der Waals surface area (Å²) in [5.41, 5.74) is 2.42. The van der Waals surface area contributed by atoms with Crippen LogP contribution in [0.4, 0.5) is 0 Å². The average molecular weight is 706 g/mol. The van der Waals surface area contributed by atoms with E-state index < -0.39 is 0 Å². The summed E-state index contributed by atoms with van der Waals surface area (Å²) in [6.45, 7) is 4.25. The fourth-order valence-electron chi connectivity index (χ4n) is 7.25. The van der Waals surface area contributed by atoms with Gasteiger partial charge in [0, 0.05) is 23.2 Å². The molecule has 0 saturated heterocycles. The Bertz CT molecular complexity index is 1720. The first-order chi connectivity index (χ1) is 25.3. The lowest BCUT2D eigenvalue weighted by Gasteiger charge is -2.26. The lowest BCUT2D eigenvalue weighted by molar-refractivity contribution is -0.145. The molecule has 2 saturated carbocycles. The van der Waals surface area contributed by atoms with Crippen LogP contribution in [0.3, 0.4) is 0 Å². The number of pyridine rings is 1. The summed E-state index contributed by atoms with van der Waals surface area (Å²) >= 11 is 0. The van der Waals surface area contributed by atoms with Crippen molar-refractivity contribution in [3.05, 3.63) is 90.3 Å². The van der Waals surface area contributed by atoms with Gasteiger partial charge in [-0.15, -0.1) is 0 Å². The van der Waals surface area contributed by atoms with Gasteiger partial charge >= 0.3 is 23.9 Å². The third-order valence-corrected chi connectivity index (χ3v) is 10.3. The monoisotopic (exact) mass is 705 g/mol. The molecule has 0 unspecified atom stereocenters. The number of carbonyl (C=O) groups excluding carboxylic acids is 4. The fraction of sp³-hybridized carbons (Fsp3) is 0.419. The molecule has 2 fully saturated rings. The van der Waals surface area contributed by atoms with Crippen LogP contribution in [0.15, 0.2) is 79.1 Å². The van der Waals surface area contributed by atoms with Gasteiger partial charge in [-0.2, -0.15) is 0 Å². The van der Waals surface area contributed by atoms with Crippen molar-refractivity contribution in [3.63, 3.8) is 0 Å². The van der Waals surface area contributed by atoms with Crippen LogP contribution in [0.5, 0.6) is 23.0 Å². The highest BCUT2D eigenvalue weighted by Crippen LogP contribution is 2.37. The second-order valence-corrected chi connectivity index (χ2v) is 14.1. The van der Waals surface area contributed by atoms with Gasteiger partial charge in [0.1, 0.15) is 23.0 Å². The molecule has 9 heteroatoms. The van der Waals surface area contributed by atoms with Gasteiger partial charge in [-0.05, 0) is 118 Å². The van der Waals surface area contributed by atoms with Crippen LogP contribution in [0.2, 0.25) is 0 Å². The van der Waals surface area contributed by atoms with E-state index in [4.69, 9.17) is 18.9 Å². The third kappa shape index (κ3) is 9.24. The van der Waals surface area contributed by atoms with Crippen molar-refractivity contribution in [1.29, 1.82) is 0 Å². The van der Waals surface area contributed by atoms with Gasteiger partial charge in [0.05, 0.1) is 23.7 Å². The van der Waals surface area contributed by atoms with Crippen molar-refractivity contribution < 1.29 is 38.1 Å². The minimum Gasteiger partial charge on any atom is -0.426 e. The second kappa shape index (κ2) is 17.4. The molecule has 0 N–H and O–H groups in total. The zero-order valence-corrected chi connectivity index (χ0v) is 30.0. The van der Waals surface area contributed by atoms with Gasteiger partial charge in [-0.3, -0.25) is 24.2 Å². The summed E-state index contributed by atoms with van der Waals surface area (Å²) < 4.78 is 23.0. The molecule has 4 aromatic rings. The molecule has 0 atom stereocenters. The number of aryl methyl sites for hydroxylation is 2. The van der Waals surface area contributed by atoms with E-state index >= 15 is 0 Å². The van der Waals surface area contributed by atoms with E-state index in [1.165, 1.54) is 11.1 Å². The molecule has 0 aliphatic heterocycles. The summed E-state index contributed by atoms with van der Waals surface area (Å²) in [7, 11) is 0. The van der Waals surface area contributed by atoms with Crippen LogP contribution in [-0.2, 0) is 32.0 Å². The number of fused-ring (bicyclic) bond motifs is 1. The Kier molecular flexibility index (Phi) is 12.3. The maximum absolute atomic E-state index is 13.3. The highest BCUT2D eigenvalue weighted by molar-refractivity contribution is 5.95. The molecule has 0 radical (unpaired) electrons. The van der Waals surface area contributed by atoms with Crippen molar-refractivity contribution in [2.24, 2.45) is 23.7 Å². The van der Waals surface area contributed by atoms with Crippen LogP contribution >= 0.6 is 0 Å². The molecule has 0 bridgehead atoms. The van der Waals surface area contributed by atoms with Gasteiger partial charge in [0.2, 0.25) is 0 Å². The molecule has 1 aromatic heterocycles. The first-order valence-electron chi connectivity index (χ1n) is 18.7. The summed E-state index contributed by atoms with van der Waals surface area (Å²) in [5, 5.41) is 1.16. The summed E-state index contributed by atoms with van der Waals surface area (Å²) in [6, 6.07) is 20.2. The summed E-state index contributed by atoms with van der Waals surface area (Å²) in [6.07, 6.45) is 11.5. The van der Waals surface area contributed by atoms with Gasteiger partial charge in [0.15, 0.2) is 0 Å². The molecule has 9 nitrogen and oxygen atoms in total. The molecule has 1 heterocycles. The SMILES string of the molecule is CCCc1ccc(OC(=O)C2CCC(C(=O)Oc3ccc(OC(=O)C4CCC(C(=O)Oc5ccc(CCC)cc5)CC4)c4cnccc34)CC2)cc1. The van der Waals surface area contributed by atoms with Crippen LogP contribution in [-0.4, -0.2) is 28.9 Å². The lowest BCUT2D eigenvalue weighted by Crippen LogP contribution is -2.30. The molecule has 6 rings (SSSR count). The van der Waals surface area contributed by atoms with Crippen molar-refractivity contribution in [2.75, 3.05) is 0 Å². The predicted molar refractivity (Wildman–Crippen MR) is 196 cm³/mol. The number of carbonyl (C=O) groups is 4. The highest BCUT2D eigenvalue weighted by Gasteiger charge is 2.34.